The third kappa shape index (κ3) is 5.82. The van der Waals surface area contributed by atoms with Gasteiger partial charge in [-0.15, -0.1) is 0 Å². The van der Waals surface area contributed by atoms with E-state index in [2.05, 4.69) is 26.6 Å². The molecular formula is C13H17BrN2O2. The fourth-order valence-electron chi connectivity index (χ4n) is 1.40. The third-order valence-corrected chi connectivity index (χ3v) is 2.77. The summed E-state index contributed by atoms with van der Waals surface area (Å²) < 4.78 is 0.938. The number of carbonyl (C=O) groups is 2. The van der Waals surface area contributed by atoms with E-state index in [-0.39, 0.29) is 24.8 Å². The van der Waals surface area contributed by atoms with E-state index in [1.807, 2.05) is 31.2 Å². The van der Waals surface area contributed by atoms with Gasteiger partial charge in [-0.3, -0.25) is 9.59 Å². The third-order valence-electron chi connectivity index (χ3n) is 2.27. The molecule has 0 spiro atoms. The van der Waals surface area contributed by atoms with Crippen molar-refractivity contribution in [1.82, 2.24) is 10.6 Å². The first-order valence-electron chi connectivity index (χ1n) is 5.89. The Bertz CT molecular complexity index is 421. The maximum absolute atomic E-state index is 11.6. The summed E-state index contributed by atoms with van der Waals surface area (Å²) in [5.41, 5.74) is 0.913. The van der Waals surface area contributed by atoms with Gasteiger partial charge in [0, 0.05) is 11.0 Å². The van der Waals surface area contributed by atoms with Crippen LogP contribution in [-0.2, 0) is 16.0 Å². The van der Waals surface area contributed by atoms with Gasteiger partial charge in [0.15, 0.2) is 0 Å². The second-order valence-corrected chi connectivity index (χ2v) is 4.85. The SMILES string of the molecule is CCCNC(=O)CNC(=O)Cc1cccc(Br)c1. The zero-order valence-corrected chi connectivity index (χ0v) is 11.9. The van der Waals surface area contributed by atoms with Crippen molar-refractivity contribution in [2.75, 3.05) is 13.1 Å². The lowest BCUT2D eigenvalue weighted by atomic mass is 10.1. The van der Waals surface area contributed by atoms with Crippen LogP contribution in [0, 0.1) is 0 Å². The molecule has 0 saturated carbocycles. The van der Waals surface area contributed by atoms with Gasteiger partial charge in [-0.05, 0) is 24.1 Å². The van der Waals surface area contributed by atoms with E-state index in [1.165, 1.54) is 0 Å². The minimum absolute atomic E-state index is 0.0346. The van der Waals surface area contributed by atoms with Crippen LogP contribution in [0.3, 0.4) is 0 Å². The fourth-order valence-corrected chi connectivity index (χ4v) is 1.85. The molecule has 1 aromatic rings. The Labute approximate surface area is 115 Å². The van der Waals surface area contributed by atoms with Crippen molar-refractivity contribution in [3.05, 3.63) is 34.3 Å². The highest BCUT2D eigenvalue weighted by atomic mass is 79.9. The van der Waals surface area contributed by atoms with Crippen LogP contribution >= 0.6 is 15.9 Å². The molecule has 0 heterocycles. The largest absolute Gasteiger partial charge is 0.355 e. The molecule has 5 heteroatoms. The summed E-state index contributed by atoms with van der Waals surface area (Å²) in [4.78, 5) is 22.9. The number of amides is 2. The fraction of sp³-hybridized carbons (Fsp3) is 0.385. The van der Waals surface area contributed by atoms with Crippen LogP contribution in [0.15, 0.2) is 28.7 Å². The van der Waals surface area contributed by atoms with E-state index in [1.54, 1.807) is 0 Å². The first kappa shape index (κ1) is 14.7. The van der Waals surface area contributed by atoms with Crippen molar-refractivity contribution in [2.45, 2.75) is 19.8 Å². The maximum Gasteiger partial charge on any atom is 0.239 e. The number of rotatable bonds is 6. The van der Waals surface area contributed by atoms with Gasteiger partial charge in [0.2, 0.25) is 11.8 Å². The van der Waals surface area contributed by atoms with Crippen molar-refractivity contribution in [2.24, 2.45) is 0 Å². The predicted molar refractivity (Wildman–Crippen MR) is 74.2 cm³/mol. The van der Waals surface area contributed by atoms with Gasteiger partial charge in [0.1, 0.15) is 0 Å². The molecule has 4 nitrogen and oxygen atoms in total. The molecule has 2 N–H and O–H groups in total. The van der Waals surface area contributed by atoms with Gasteiger partial charge < -0.3 is 10.6 Å². The molecule has 2 amide bonds. The molecule has 0 aromatic heterocycles. The molecule has 0 aliphatic carbocycles. The summed E-state index contributed by atoms with van der Waals surface area (Å²) in [7, 11) is 0. The van der Waals surface area contributed by atoms with E-state index in [9.17, 15) is 9.59 Å². The molecule has 0 aliphatic heterocycles. The van der Waals surface area contributed by atoms with Crippen molar-refractivity contribution >= 4 is 27.7 Å². The summed E-state index contributed by atoms with van der Waals surface area (Å²) in [6.45, 7) is 2.65. The molecule has 1 aromatic carbocycles. The summed E-state index contributed by atoms with van der Waals surface area (Å²) in [6, 6.07) is 7.54. The van der Waals surface area contributed by atoms with Crippen LogP contribution in [-0.4, -0.2) is 24.9 Å². The van der Waals surface area contributed by atoms with Crippen LogP contribution in [0.4, 0.5) is 0 Å². The molecule has 0 saturated heterocycles. The van der Waals surface area contributed by atoms with Crippen LogP contribution in [0.5, 0.6) is 0 Å². The first-order valence-corrected chi connectivity index (χ1v) is 6.69. The van der Waals surface area contributed by atoms with Crippen LogP contribution < -0.4 is 10.6 Å². The molecule has 18 heavy (non-hydrogen) atoms. The van der Waals surface area contributed by atoms with Crippen molar-refractivity contribution < 1.29 is 9.59 Å². The Balaban J connectivity index is 2.31. The smallest absolute Gasteiger partial charge is 0.239 e. The number of nitrogens with one attached hydrogen (secondary N) is 2. The highest BCUT2D eigenvalue weighted by Gasteiger charge is 2.06. The van der Waals surface area contributed by atoms with Crippen molar-refractivity contribution in [3.63, 3.8) is 0 Å². The predicted octanol–water partition coefficient (Wildman–Crippen LogP) is 1.63. The molecule has 1 rings (SSSR count). The van der Waals surface area contributed by atoms with E-state index >= 15 is 0 Å². The summed E-state index contributed by atoms with van der Waals surface area (Å²) in [6.07, 6.45) is 1.16. The van der Waals surface area contributed by atoms with E-state index in [4.69, 9.17) is 0 Å². The zero-order chi connectivity index (χ0) is 13.4. The molecule has 0 atom stereocenters. The number of hydrogen-bond acceptors (Lipinski definition) is 2. The molecule has 0 radical (unpaired) electrons. The van der Waals surface area contributed by atoms with E-state index in [0.717, 1.165) is 16.5 Å². The molecule has 0 fully saturated rings. The quantitative estimate of drug-likeness (QED) is 0.839. The second kappa shape index (κ2) is 7.87. The highest BCUT2D eigenvalue weighted by molar-refractivity contribution is 9.10. The Morgan fingerprint density at radius 3 is 2.67 bits per heavy atom. The molecule has 0 bridgehead atoms. The Morgan fingerprint density at radius 1 is 1.22 bits per heavy atom. The highest BCUT2D eigenvalue weighted by Crippen LogP contribution is 2.11. The minimum atomic E-state index is -0.153. The van der Waals surface area contributed by atoms with Gasteiger partial charge in [0.05, 0.1) is 13.0 Å². The molecule has 0 unspecified atom stereocenters. The normalized spacial score (nSPS) is 9.89. The molecule has 0 aliphatic rings. The number of hydrogen-bond donors (Lipinski definition) is 2. The second-order valence-electron chi connectivity index (χ2n) is 3.93. The van der Waals surface area contributed by atoms with Crippen LogP contribution in [0.2, 0.25) is 0 Å². The molecule has 98 valence electrons. The Hall–Kier alpha value is -1.36. The summed E-state index contributed by atoms with van der Waals surface area (Å²) in [5.74, 6) is -0.306. The lowest BCUT2D eigenvalue weighted by molar-refractivity contribution is -0.125. The van der Waals surface area contributed by atoms with Gasteiger partial charge in [0.25, 0.3) is 0 Å². The minimum Gasteiger partial charge on any atom is -0.355 e. The van der Waals surface area contributed by atoms with E-state index < -0.39 is 0 Å². The number of carbonyl (C=O) groups excluding carboxylic acids is 2. The zero-order valence-electron chi connectivity index (χ0n) is 10.3. The van der Waals surface area contributed by atoms with Crippen molar-refractivity contribution in [3.8, 4) is 0 Å². The standard InChI is InChI=1S/C13H17BrN2O2/c1-2-6-15-13(18)9-16-12(17)8-10-4-3-5-11(14)7-10/h3-5,7H,2,6,8-9H2,1H3,(H,15,18)(H,16,17). The maximum atomic E-state index is 11.6. The monoisotopic (exact) mass is 312 g/mol. The Morgan fingerprint density at radius 2 is 2.00 bits per heavy atom. The average molecular weight is 313 g/mol. The lowest BCUT2D eigenvalue weighted by Gasteiger charge is -2.06. The lowest BCUT2D eigenvalue weighted by Crippen LogP contribution is -2.37. The van der Waals surface area contributed by atoms with Gasteiger partial charge >= 0.3 is 0 Å². The van der Waals surface area contributed by atoms with Gasteiger partial charge in [-0.1, -0.05) is 35.0 Å². The topological polar surface area (TPSA) is 58.2 Å². The number of benzene rings is 1. The van der Waals surface area contributed by atoms with Gasteiger partial charge in [-0.25, -0.2) is 0 Å². The van der Waals surface area contributed by atoms with Crippen molar-refractivity contribution in [1.29, 1.82) is 0 Å². The summed E-state index contributed by atoms with van der Waals surface area (Å²) >= 11 is 3.35. The molecular weight excluding hydrogens is 296 g/mol. The Kier molecular flexibility index (Phi) is 6.43. The number of halogens is 1. The first-order chi connectivity index (χ1) is 8.61. The summed E-state index contributed by atoms with van der Waals surface area (Å²) in [5, 5.41) is 5.29. The van der Waals surface area contributed by atoms with Crippen LogP contribution in [0.1, 0.15) is 18.9 Å². The van der Waals surface area contributed by atoms with Gasteiger partial charge in [-0.2, -0.15) is 0 Å². The average Bonchev–Trinajstić information content (AvgIpc) is 2.34. The van der Waals surface area contributed by atoms with E-state index in [0.29, 0.717) is 6.54 Å². The van der Waals surface area contributed by atoms with Crippen LogP contribution in [0.25, 0.3) is 0 Å².